The van der Waals surface area contributed by atoms with E-state index < -0.39 is 0 Å². The van der Waals surface area contributed by atoms with Gasteiger partial charge in [0.15, 0.2) is 0 Å². The fourth-order valence-corrected chi connectivity index (χ4v) is 3.28. The lowest BCUT2D eigenvalue weighted by molar-refractivity contribution is 0.111. The van der Waals surface area contributed by atoms with Crippen molar-refractivity contribution in [3.8, 4) is 0 Å². The normalized spacial score (nSPS) is 24.2. The minimum absolute atomic E-state index is 0.789. The van der Waals surface area contributed by atoms with Gasteiger partial charge in [-0.1, -0.05) is 6.08 Å². The van der Waals surface area contributed by atoms with Crippen molar-refractivity contribution in [1.29, 1.82) is 0 Å². The molecule has 0 radical (unpaired) electrons. The van der Waals surface area contributed by atoms with Gasteiger partial charge in [0.25, 0.3) is 0 Å². The quantitative estimate of drug-likeness (QED) is 0.820. The Morgan fingerprint density at radius 3 is 2.89 bits per heavy atom. The Kier molecular flexibility index (Phi) is 2.66. The first-order chi connectivity index (χ1) is 9.42. The van der Waals surface area contributed by atoms with Gasteiger partial charge >= 0.3 is 0 Å². The Morgan fingerprint density at radius 2 is 2.16 bits per heavy atom. The van der Waals surface area contributed by atoms with Gasteiger partial charge in [-0.15, -0.1) is 0 Å². The van der Waals surface area contributed by atoms with Crippen molar-refractivity contribution in [2.45, 2.75) is 31.7 Å². The predicted molar refractivity (Wildman–Crippen MR) is 77.8 cm³/mol. The van der Waals surface area contributed by atoms with Crippen molar-refractivity contribution in [3.05, 3.63) is 36.7 Å². The van der Waals surface area contributed by atoms with E-state index in [0.717, 1.165) is 11.6 Å². The number of aromatic nitrogens is 2. The third-order valence-corrected chi connectivity index (χ3v) is 4.53. The highest BCUT2D eigenvalue weighted by atomic mass is 15.2. The highest BCUT2D eigenvalue weighted by Gasteiger charge is 2.25. The molecule has 4 rings (SSSR count). The second-order valence-corrected chi connectivity index (χ2v) is 5.61. The van der Waals surface area contributed by atoms with Crippen LogP contribution in [0, 0.1) is 0 Å². The molecule has 1 atom stereocenters. The number of fused-ring (bicyclic) bond motifs is 1. The molecule has 0 spiro atoms. The van der Waals surface area contributed by atoms with E-state index >= 15 is 0 Å². The second kappa shape index (κ2) is 4.49. The zero-order chi connectivity index (χ0) is 12.7. The monoisotopic (exact) mass is 253 g/mol. The minimum atomic E-state index is 0.789. The van der Waals surface area contributed by atoms with Gasteiger partial charge in [-0.3, -0.25) is 9.88 Å². The van der Waals surface area contributed by atoms with E-state index in [-0.39, 0.29) is 0 Å². The van der Waals surface area contributed by atoms with Crippen LogP contribution in [0.4, 0.5) is 0 Å². The molecule has 3 nitrogen and oxygen atoms in total. The van der Waals surface area contributed by atoms with Crippen molar-refractivity contribution < 1.29 is 0 Å². The van der Waals surface area contributed by atoms with Gasteiger partial charge in [0.05, 0.1) is 11.0 Å². The van der Waals surface area contributed by atoms with Gasteiger partial charge in [-0.05, 0) is 57.0 Å². The van der Waals surface area contributed by atoms with E-state index in [2.05, 4.69) is 38.9 Å². The summed E-state index contributed by atoms with van der Waals surface area (Å²) < 4.78 is 2.31. The summed E-state index contributed by atoms with van der Waals surface area (Å²) in [4.78, 5) is 7.03. The van der Waals surface area contributed by atoms with Gasteiger partial charge < -0.3 is 4.57 Å². The standard InChI is InChI=1S/C16H19N3/c1-3-16-15(17-9-1)8-12-19(16)14-6-4-13(5-7-14)18-10-2-11-18/h1,3,6,8-9,12-13H,2,4-5,7,10-11H2. The van der Waals surface area contributed by atoms with Crippen molar-refractivity contribution in [3.63, 3.8) is 0 Å². The van der Waals surface area contributed by atoms with Crippen LogP contribution in [0.2, 0.25) is 0 Å². The Balaban J connectivity index is 1.61. The lowest BCUT2D eigenvalue weighted by Gasteiger charge is -2.40. The largest absolute Gasteiger partial charge is 0.319 e. The predicted octanol–water partition coefficient (Wildman–Crippen LogP) is 3.14. The van der Waals surface area contributed by atoms with Gasteiger partial charge in [0.2, 0.25) is 0 Å². The number of hydrogen-bond donors (Lipinski definition) is 0. The zero-order valence-electron chi connectivity index (χ0n) is 11.1. The summed E-state index contributed by atoms with van der Waals surface area (Å²) in [5.41, 5.74) is 3.77. The first-order valence-corrected chi connectivity index (χ1v) is 7.27. The molecule has 3 heterocycles. The fraction of sp³-hybridized carbons (Fsp3) is 0.438. The Morgan fingerprint density at radius 1 is 1.21 bits per heavy atom. The molecule has 1 fully saturated rings. The molecule has 3 heteroatoms. The molecule has 1 saturated heterocycles. The Bertz CT molecular complexity index is 622. The topological polar surface area (TPSA) is 21.1 Å². The van der Waals surface area contributed by atoms with E-state index in [1.807, 2.05) is 12.3 Å². The average molecular weight is 253 g/mol. The minimum Gasteiger partial charge on any atom is -0.319 e. The molecule has 0 amide bonds. The molecule has 0 saturated carbocycles. The summed E-state index contributed by atoms with van der Waals surface area (Å²) in [6.45, 7) is 2.62. The number of likely N-dealkylation sites (tertiary alicyclic amines) is 1. The maximum atomic E-state index is 4.41. The van der Waals surface area contributed by atoms with Crippen molar-refractivity contribution in [2.75, 3.05) is 13.1 Å². The first-order valence-electron chi connectivity index (χ1n) is 7.27. The van der Waals surface area contributed by atoms with Crippen LogP contribution in [0.3, 0.4) is 0 Å². The van der Waals surface area contributed by atoms with Crippen LogP contribution < -0.4 is 0 Å². The van der Waals surface area contributed by atoms with E-state index in [0.29, 0.717) is 0 Å². The van der Waals surface area contributed by atoms with Crippen molar-refractivity contribution in [2.24, 2.45) is 0 Å². The molecule has 98 valence electrons. The van der Waals surface area contributed by atoms with E-state index in [9.17, 15) is 0 Å². The summed E-state index contributed by atoms with van der Waals surface area (Å²) in [5.74, 6) is 0. The fourth-order valence-electron chi connectivity index (χ4n) is 3.28. The molecule has 2 aromatic heterocycles. The average Bonchev–Trinajstić information content (AvgIpc) is 2.82. The summed E-state index contributed by atoms with van der Waals surface area (Å²) in [6.07, 6.45) is 11.5. The molecule has 1 aliphatic carbocycles. The third-order valence-electron chi connectivity index (χ3n) is 4.53. The molecule has 1 aliphatic heterocycles. The number of allylic oxidation sites excluding steroid dienone is 1. The molecule has 2 aliphatic rings. The molecule has 2 aromatic rings. The van der Waals surface area contributed by atoms with Gasteiger partial charge in [0, 0.05) is 24.1 Å². The second-order valence-electron chi connectivity index (χ2n) is 5.61. The zero-order valence-corrected chi connectivity index (χ0v) is 11.1. The van der Waals surface area contributed by atoms with Crippen LogP contribution >= 0.6 is 0 Å². The van der Waals surface area contributed by atoms with Crippen LogP contribution in [0.15, 0.2) is 36.7 Å². The van der Waals surface area contributed by atoms with Crippen molar-refractivity contribution >= 4 is 16.7 Å². The van der Waals surface area contributed by atoms with Gasteiger partial charge in [-0.2, -0.15) is 0 Å². The van der Waals surface area contributed by atoms with Crippen LogP contribution in [-0.2, 0) is 0 Å². The summed E-state index contributed by atoms with van der Waals surface area (Å²) >= 11 is 0. The molecule has 0 N–H and O–H groups in total. The van der Waals surface area contributed by atoms with E-state index in [4.69, 9.17) is 0 Å². The first kappa shape index (κ1) is 11.2. The Hall–Kier alpha value is -1.61. The highest BCUT2D eigenvalue weighted by Crippen LogP contribution is 2.30. The Labute approximate surface area is 113 Å². The summed E-state index contributed by atoms with van der Waals surface area (Å²) in [7, 11) is 0. The molecule has 0 bridgehead atoms. The molecular formula is C16H19N3. The number of rotatable bonds is 2. The molecular weight excluding hydrogens is 234 g/mol. The maximum Gasteiger partial charge on any atom is 0.0884 e. The number of hydrogen-bond acceptors (Lipinski definition) is 2. The lowest BCUT2D eigenvalue weighted by atomic mass is 9.95. The molecule has 1 unspecified atom stereocenters. The maximum absolute atomic E-state index is 4.41. The van der Waals surface area contributed by atoms with Crippen LogP contribution in [0.25, 0.3) is 16.7 Å². The summed E-state index contributed by atoms with van der Waals surface area (Å²) in [6, 6.07) is 7.07. The van der Waals surface area contributed by atoms with E-state index in [1.54, 1.807) is 0 Å². The van der Waals surface area contributed by atoms with Gasteiger partial charge in [-0.25, -0.2) is 0 Å². The summed E-state index contributed by atoms with van der Waals surface area (Å²) in [5, 5.41) is 0. The SMILES string of the molecule is C1=C(n2ccc3ncccc32)CCC(N2CCC2)C1. The van der Waals surface area contributed by atoms with Crippen LogP contribution in [0.1, 0.15) is 25.7 Å². The van der Waals surface area contributed by atoms with E-state index in [1.165, 1.54) is 50.0 Å². The number of pyridine rings is 1. The third kappa shape index (κ3) is 1.89. The molecule has 19 heavy (non-hydrogen) atoms. The number of nitrogens with zero attached hydrogens (tertiary/aromatic N) is 3. The highest BCUT2D eigenvalue weighted by molar-refractivity contribution is 5.79. The molecule has 0 aromatic carbocycles. The van der Waals surface area contributed by atoms with Gasteiger partial charge in [0.1, 0.15) is 0 Å². The van der Waals surface area contributed by atoms with Crippen LogP contribution in [0.5, 0.6) is 0 Å². The lowest BCUT2D eigenvalue weighted by Crippen LogP contribution is -2.45. The van der Waals surface area contributed by atoms with Crippen molar-refractivity contribution in [1.82, 2.24) is 14.5 Å². The smallest absolute Gasteiger partial charge is 0.0884 e. The van der Waals surface area contributed by atoms with Crippen LogP contribution in [-0.4, -0.2) is 33.6 Å².